The molecule has 5 nitrogen and oxygen atoms in total. The van der Waals surface area contributed by atoms with Crippen molar-refractivity contribution in [2.24, 2.45) is 5.10 Å². The zero-order chi connectivity index (χ0) is 13.7. The zero-order valence-corrected chi connectivity index (χ0v) is 11.3. The van der Waals surface area contributed by atoms with Gasteiger partial charge in [-0.05, 0) is 51.8 Å². The Kier molecular flexibility index (Phi) is 4.25. The quantitative estimate of drug-likeness (QED) is 0.673. The summed E-state index contributed by atoms with van der Waals surface area (Å²) in [6.45, 7) is 0. The molecule has 0 aliphatic heterocycles. The Balaban J connectivity index is 2.00. The maximum absolute atomic E-state index is 11.7. The van der Waals surface area contributed by atoms with Gasteiger partial charge in [-0.3, -0.25) is 9.78 Å². The van der Waals surface area contributed by atoms with Crippen molar-refractivity contribution in [2.75, 3.05) is 0 Å². The summed E-state index contributed by atoms with van der Waals surface area (Å²) in [5.41, 5.74) is 3.64. The smallest absolute Gasteiger partial charge is 0.271 e. The van der Waals surface area contributed by atoms with Gasteiger partial charge in [-0.15, -0.1) is 0 Å². The van der Waals surface area contributed by atoms with Crippen LogP contribution in [0.2, 0.25) is 0 Å². The Labute approximate surface area is 118 Å². The van der Waals surface area contributed by atoms with Crippen LogP contribution in [-0.2, 0) is 0 Å². The van der Waals surface area contributed by atoms with E-state index in [1.807, 2.05) is 0 Å². The zero-order valence-electron chi connectivity index (χ0n) is 9.75. The number of aromatic hydroxyl groups is 1. The highest BCUT2D eigenvalue weighted by Crippen LogP contribution is 2.23. The second kappa shape index (κ2) is 6.10. The van der Waals surface area contributed by atoms with Crippen molar-refractivity contribution in [3.05, 3.63) is 58.3 Å². The Morgan fingerprint density at radius 1 is 1.32 bits per heavy atom. The lowest BCUT2D eigenvalue weighted by Crippen LogP contribution is -2.17. The minimum Gasteiger partial charge on any atom is -0.507 e. The Morgan fingerprint density at radius 3 is 2.74 bits per heavy atom. The van der Waals surface area contributed by atoms with E-state index < -0.39 is 0 Å². The van der Waals surface area contributed by atoms with Crippen molar-refractivity contribution in [3.8, 4) is 5.75 Å². The molecule has 1 aromatic carbocycles. The van der Waals surface area contributed by atoms with Crippen molar-refractivity contribution in [3.63, 3.8) is 0 Å². The summed E-state index contributed by atoms with van der Waals surface area (Å²) >= 11 is 3.20. The lowest BCUT2D eigenvalue weighted by molar-refractivity contribution is 0.0955. The molecule has 1 heterocycles. The minimum absolute atomic E-state index is 0.151. The van der Waals surface area contributed by atoms with Gasteiger partial charge in [0.05, 0.1) is 10.7 Å². The Bertz CT molecular complexity index is 615. The van der Waals surface area contributed by atoms with Crippen LogP contribution in [-0.4, -0.2) is 22.2 Å². The minimum atomic E-state index is -0.309. The van der Waals surface area contributed by atoms with E-state index in [-0.39, 0.29) is 11.7 Å². The van der Waals surface area contributed by atoms with E-state index in [2.05, 4.69) is 31.4 Å². The molecule has 96 valence electrons. The number of nitrogens with zero attached hydrogens (tertiary/aromatic N) is 2. The number of pyridine rings is 1. The van der Waals surface area contributed by atoms with Gasteiger partial charge in [0.15, 0.2) is 0 Å². The van der Waals surface area contributed by atoms with E-state index in [0.29, 0.717) is 10.0 Å². The van der Waals surface area contributed by atoms with Gasteiger partial charge in [-0.1, -0.05) is 0 Å². The summed E-state index contributed by atoms with van der Waals surface area (Å²) in [5.74, 6) is -0.158. The van der Waals surface area contributed by atoms with Crippen LogP contribution in [0.4, 0.5) is 0 Å². The molecular formula is C13H10BrN3O2. The van der Waals surface area contributed by atoms with Crippen molar-refractivity contribution >= 4 is 28.1 Å². The predicted octanol–water partition coefficient (Wildman–Crippen LogP) is 2.31. The molecule has 19 heavy (non-hydrogen) atoms. The van der Waals surface area contributed by atoms with E-state index >= 15 is 0 Å². The fourth-order valence-electron chi connectivity index (χ4n) is 1.34. The number of benzene rings is 1. The number of carbonyl (C=O) groups excluding carboxylic acids is 1. The van der Waals surface area contributed by atoms with E-state index in [1.54, 1.807) is 24.3 Å². The summed E-state index contributed by atoms with van der Waals surface area (Å²) in [6.07, 6.45) is 4.56. The third-order valence-electron chi connectivity index (χ3n) is 2.29. The number of halogens is 1. The van der Waals surface area contributed by atoms with Crippen LogP contribution in [0.3, 0.4) is 0 Å². The fourth-order valence-corrected chi connectivity index (χ4v) is 1.73. The van der Waals surface area contributed by atoms with Gasteiger partial charge in [0.25, 0.3) is 5.91 Å². The molecular weight excluding hydrogens is 310 g/mol. The highest BCUT2D eigenvalue weighted by Gasteiger charge is 2.02. The van der Waals surface area contributed by atoms with Crippen molar-refractivity contribution in [2.45, 2.75) is 0 Å². The molecule has 0 spiro atoms. The highest BCUT2D eigenvalue weighted by molar-refractivity contribution is 9.10. The molecule has 0 aliphatic rings. The van der Waals surface area contributed by atoms with Crippen molar-refractivity contribution in [1.29, 1.82) is 0 Å². The number of aromatic nitrogens is 1. The first-order valence-corrected chi connectivity index (χ1v) is 6.18. The van der Waals surface area contributed by atoms with E-state index in [1.165, 1.54) is 24.7 Å². The first kappa shape index (κ1) is 13.2. The number of carbonyl (C=O) groups is 1. The molecule has 1 amide bonds. The predicted molar refractivity (Wildman–Crippen MR) is 75.1 cm³/mol. The van der Waals surface area contributed by atoms with Crippen LogP contribution in [0.5, 0.6) is 5.75 Å². The average Bonchev–Trinajstić information content (AvgIpc) is 2.43. The molecule has 0 radical (unpaired) electrons. The molecule has 6 heteroatoms. The third kappa shape index (κ3) is 3.62. The van der Waals surface area contributed by atoms with Crippen LogP contribution < -0.4 is 5.43 Å². The number of phenolic OH excluding ortho intramolecular Hbond substituents is 1. The molecule has 2 rings (SSSR count). The number of hydrogen-bond donors (Lipinski definition) is 2. The SMILES string of the molecule is O=C(N/N=C/c1ccc(O)c(Br)c1)c1ccncc1. The van der Waals surface area contributed by atoms with Gasteiger partial charge < -0.3 is 5.11 Å². The molecule has 0 atom stereocenters. The topological polar surface area (TPSA) is 74.6 Å². The first-order valence-electron chi connectivity index (χ1n) is 5.39. The molecule has 0 unspecified atom stereocenters. The van der Waals surface area contributed by atoms with Crippen LogP contribution in [0.1, 0.15) is 15.9 Å². The van der Waals surface area contributed by atoms with Gasteiger partial charge in [0.2, 0.25) is 0 Å². The van der Waals surface area contributed by atoms with E-state index in [4.69, 9.17) is 0 Å². The summed E-state index contributed by atoms with van der Waals surface area (Å²) < 4.78 is 0.567. The molecule has 2 aromatic rings. The number of hydrogen-bond acceptors (Lipinski definition) is 4. The first-order chi connectivity index (χ1) is 9.16. The number of amides is 1. The lowest BCUT2D eigenvalue weighted by Gasteiger charge is -2.00. The largest absolute Gasteiger partial charge is 0.507 e. The third-order valence-corrected chi connectivity index (χ3v) is 2.93. The highest BCUT2D eigenvalue weighted by atomic mass is 79.9. The van der Waals surface area contributed by atoms with Crippen molar-refractivity contribution < 1.29 is 9.90 Å². The fraction of sp³-hybridized carbons (Fsp3) is 0. The van der Waals surface area contributed by atoms with Gasteiger partial charge >= 0.3 is 0 Å². The standard InChI is InChI=1S/C13H10BrN3O2/c14-11-7-9(1-2-12(11)18)8-16-17-13(19)10-3-5-15-6-4-10/h1-8,18H,(H,17,19)/b16-8+. The number of rotatable bonds is 3. The molecule has 0 saturated carbocycles. The lowest BCUT2D eigenvalue weighted by atomic mass is 10.2. The Hall–Kier alpha value is -2.21. The van der Waals surface area contributed by atoms with Crippen LogP contribution >= 0.6 is 15.9 Å². The maximum Gasteiger partial charge on any atom is 0.271 e. The molecule has 1 aromatic heterocycles. The summed E-state index contributed by atoms with van der Waals surface area (Å²) in [4.78, 5) is 15.5. The monoisotopic (exact) mass is 319 g/mol. The summed E-state index contributed by atoms with van der Waals surface area (Å²) in [7, 11) is 0. The van der Waals surface area contributed by atoms with Crippen LogP contribution in [0.25, 0.3) is 0 Å². The van der Waals surface area contributed by atoms with Crippen molar-refractivity contribution in [1.82, 2.24) is 10.4 Å². The molecule has 0 saturated heterocycles. The van der Waals surface area contributed by atoms with Crippen LogP contribution in [0, 0.1) is 0 Å². The normalized spacial score (nSPS) is 10.6. The molecule has 2 N–H and O–H groups in total. The van der Waals surface area contributed by atoms with E-state index in [9.17, 15) is 9.90 Å². The maximum atomic E-state index is 11.7. The van der Waals surface area contributed by atoms with Crippen LogP contribution in [0.15, 0.2) is 52.3 Å². The van der Waals surface area contributed by atoms with Gasteiger partial charge in [0.1, 0.15) is 5.75 Å². The number of nitrogens with one attached hydrogen (secondary N) is 1. The second-order valence-electron chi connectivity index (χ2n) is 3.65. The Morgan fingerprint density at radius 2 is 2.05 bits per heavy atom. The average molecular weight is 320 g/mol. The van der Waals surface area contributed by atoms with Gasteiger partial charge in [-0.2, -0.15) is 5.10 Å². The number of phenols is 1. The summed E-state index contributed by atoms with van der Waals surface area (Å²) in [5, 5.41) is 13.2. The molecule has 0 aliphatic carbocycles. The molecule has 0 bridgehead atoms. The van der Waals surface area contributed by atoms with Gasteiger partial charge in [0, 0.05) is 18.0 Å². The number of hydrazone groups is 1. The second-order valence-corrected chi connectivity index (χ2v) is 4.50. The van der Waals surface area contributed by atoms with E-state index in [0.717, 1.165) is 5.56 Å². The molecule has 0 fully saturated rings. The summed E-state index contributed by atoms with van der Waals surface area (Å²) in [6, 6.07) is 8.11. The van der Waals surface area contributed by atoms with Gasteiger partial charge in [-0.25, -0.2) is 5.43 Å².